The van der Waals surface area contributed by atoms with Crippen molar-refractivity contribution in [3.63, 3.8) is 0 Å². The maximum atomic E-state index is 6.01. The van der Waals surface area contributed by atoms with Crippen LogP contribution in [0.15, 0.2) is 53.5 Å². The van der Waals surface area contributed by atoms with Gasteiger partial charge in [0.05, 0.1) is 20.3 Å². The number of guanidine groups is 1. The lowest BCUT2D eigenvalue weighted by molar-refractivity contribution is 0.414. The van der Waals surface area contributed by atoms with E-state index in [0.29, 0.717) is 11.9 Å². The first-order chi connectivity index (χ1) is 11.2. The summed E-state index contributed by atoms with van der Waals surface area (Å²) in [6, 6.07) is 15.9. The van der Waals surface area contributed by atoms with Crippen molar-refractivity contribution in [3.8, 4) is 11.5 Å². The van der Waals surface area contributed by atoms with Gasteiger partial charge in [0.1, 0.15) is 11.5 Å². The highest BCUT2D eigenvalue weighted by Gasteiger charge is 2.38. The van der Waals surface area contributed by atoms with Crippen LogP contribution in [0.25, 0.3) is 0 Å². The summed E-state index contributed by atoms with van der Waals surface area (Å²) in [5.74, 6) is 2.49. The maximum Gasteiger partial charge on any atom is 0.193 e. The van der Waals surface area contributed by atoms with Crippen LogP contribution in [0.3, 0.4) is 0 Å². The zero-order valence-corrected chi connectivity index (χ0v) is 13.3. The van der Waals surface area contributed by atoms with E-state index < -0.39 is 0 Å². The van der Waals surface area contributed by atoms with Gasteiger partial charge in [-0.2, -0.15) is 0 Å². The van der Waals surface area contributed by atoms with E-state index in [-0.39, 0.29) is 6.04 Å². The molecule has 0 amide bonds. The Balaban J connectivity index is 1.63. The van der Waals surface area contributed by atoms with Gasteiger partial charge in [-0.3, -0.25) is 0 Å². The van der Waals surface area contributed by atoms with Crippen LogP contribution < -0.4 is 20.5 Å². The van der Waals surface area contributed by atoms with Crippen LogP contribution in [0.5, 0.6) is 11.5 Å². The molecule has 120 valence electrons. The number of hydrogen-bond acceptors (Lipinski definition) is 3. The molecular formula is C18H21N3O2. The lowest BCUT2D eigenvalue weighted by atomic mass is 10.1. The van der Waals surface area contributed by atoms with Crippen LogP contribution >= 0.6 is 0 Å². The summed E-state index contributed by atoms with van der Waals surface area (Å²) in [6.07, 6.45) is 1.01. The minimum absolute atomic E-state index is 0.222. The first kappa shape index (κ1) is 15.2. The number of nitrogens with zero attached hydrogens (tertiary/aromatic N) is 1. The SMILES string of the molecule is COc1cccc(NC(N)=N[C@@H]2C[C@H]2c2cccc(OC)c2)c1. The summed E-state index contributed by atoms with van der Waals surface area (Å²) >= 11 is 0. The number of ether oxygens (including phenoxy) is 2. The van der Waals surface area contributed by atoms with Crippen molar-refractivity contribution < 1.29 is 9.47 Å². The van der Waals surface area contributed by atoms with Gasteiger partial charge in [0, 0.05) is 17.7 Å². The van der Waals surface area contributed by atoms with Gasteiger partial charge in [-0.15, -0.1) is 0 Å². The Morgan fingerprint density at radius 1 is 1.09 bits per heavy atom. The fraction of sp³-hybridized carbons (Fsp3) is 0.278. The highest BCUT2D eigenvalue weighted by atomic mass is 16.5. The second kappa shape index (κ2) is 6.60. The summed E-state index contributed by atoms with van der Waals surface area (Å²) in [6.45, 7) is 0. The van der Waals surface area contributed by atoms with Gasteiger partial charge in [-0.1, -0.05) is 18.2 Å². The van der Waals surface area contributed by atoms with Gasteiger partial charge in [-0.25, -0.2) is 4.99 Å². The number of nitrogens with one attached hydrogen (secondary N) is 1. The number of rotatable bonds is 5. The number of nitrogens with two attached hydrogens (primary N) is 1. The molecule has 1 aliphatic rings. The van der Waals surface area contributed by atoms with Gasteiger partial charge >= 0.3 is 0 Å². The highest BCUT2D eigenvalue weighted by Crippen LogP contribution is 2.44. The molecule has 2 aromatic carbocycles. The van der Waals surface area contributed by atoms with Crippen LogP contribution in [0.4, 0.5) is 5.69 Å². The zero-order valence-electron chi connectivity index (χ0n) is 13.3. The van der Waals surface area contributed by atoms with E-state index in [9.17, 15) is 0 Å². The zero-order chi connectivity index (χ0) is 16.2. The second-order valence-corrected chi connectivity index (χ2v) is 5.56. The van der Waals surface area contributed by atoms with Gasteiger partial charge in [0.2, 0.25) is 0 Å². The Morgan fingerprint density at radius 2 is 1.78 bits per heavy atom. The number of methoxy groups -OCH3 is 2. The smallest absolute Gasteiger partial charge is 0.193 e. The van der Waals surface area contributed by atoms with E-state index in [1.165, 1.54) is 5.56 Å². The van der Waals surface area contributed by atoms with Crippen molar-refractivity contribution in [1.82, 2.24) is 0 Å². The van der Waals surface area contributed by atoms with Crippen molar-refractivity contribution >= 4 is 11.6 Å². The number of aliphatic imine (C=N–C) groups is 1. The van der Waals surface area contributed by atoms with Gasteiger partial charge < -0.3 is 20.5 Å². The standard InChI is InChI=1S/C18H21N3O2/c1-22-14-7-3-5-12(9-14)16-11-17(16)21-18(19)20-13-6-4-8-15(10-13)23-2/h3-10,16-17H,11H2,1-2H3,(H3,19,20,21)/t16-,17+/m0/s1. The Bertz CT molecular complexity index is 715. The molecule has 0 radical (unpaired) electrons. The maximum absolute atomic E-state index is 6.01. The van der Waals surface area contributed by atoms with E-state index in [4.69, 9.17) is 15.2 Å². The molecule has 2 aromatic rings. The first-order valence-electron chi connectivity index (χ1n) is 7.58. The molecule has 3 rings (SSSR count). The van der Waals surface area contributed by atoms with E-state index in [1.807, 2.05) is 36.4 Å². The van der Waals surface area contributed by atoms with Crippen molar-refractivity contribution in [2.75, 3.05) is 19.5 Å². The van der Waals surface area contributed by atoms with Gasteiger partial charge in [0.15, 0.2) is 5.96 Å². The monoisotopic (exact) mass is 311 g/mol. The summed E-state index contributed by atoms with van der Waals surface area (Å²) in [7, 11) is 3.32. The Hall–Kier alpha value is -2.69. The summed E-state index contributed by atoms with van der Waals surface area (Å²) < 4.78 is 10.5. The van der Waals surface area contributed by atoms with Crippen LogP contribution in [0, 0.1) is 0 Å². The minimum atomic E-state index is 0.222. The fourth-order valence-corrected chi connectivity index (χ4v) is 2.61. The highest BCUT2D eigenvalue weighted by molar-refractivity contribution is 5.92. The van der Waals surface area contributed by atoms with Crippen LogP contribution in [-0.4, -0.2) is 26.2 Å². The van der Waals surface area contributed by atoms with E-state index in [0.717, 1.165) is 23.6 Å². The van der Waals surface area contributed by atoms with Crippen molar-refractivity contribution in [3.05, 3.63) is 54.1 Å². The third kappa shape index (κ3) is 3.74. The summed E-state index contributed by atoms with van der Waals surface area (Å²) in [4.78, 5) is 4.55. The molecule has 0 aliphatic heterocycles. The number of hydrogen-bond donors (Lipinski definition) is 2. The fourth-order valence-electron chi connectivity index (χ4n) is 2.61. The Morgan fingerprint density at radius 3 is 2.52 bits per heavy atom. The van der Waals surface area contributed by atoms with E-state index in [2.05, 4.69) is 22.4 Å². The molecule has 0 aromatic heterocycles. The van der Waals surface area contributed by atoms with Gasteiger partial charge in [-0.05, 0) is 36.2 Å². The van der Waals surface area contributed by atoms with Crippen molar-refractivity contribution in [2.45, 2.75) is 18.4 Å². The third-order valence-corrected chi connectivity index (χ3v) is 3.93. The number of anilines is 1. The first-order valence-corrected chi connectivity index (χ1v) is 7.58. The molecule has 23 heavy (non-hydrogen) atoms. The molecule has 0 saturated heterocycles. The molecule has 5 nitrogen and oxygen atoms in total. The lowest BCUT2D eigenvalue weighted by Gasteiger charge is -2.07. The summed E-state index contributed by atoms with van der Waals surface area (Å²) in [5, 5.41) is 3.11. The minimum Gasteiger partial charge on any atom is -0.497 e. The third-order valence-electron chi connectivity index (χ3n) is 3.93. The second-order valence-electron chi connectivity index (χ2n) is 5.56. The normalized spacial score (nSPS) is 20.0. The quantitative estimate of drug-likeness (QED) is 0.658. The molecular weight excluding hydrogens is 290 g/mol. The average molecular weight is 311 g/mol. The van der Waals surface area contributed by atoms with Crippen LogP contribution in [0.2, 0.25) is 0 Å². The van der Waals surface area contributed by atoms with E-state index in [1.54, 1.807) is 14.2 Å². The van der Waals surface area contributed by atoms with Crippen molar-refractivity contribution in [2.24, 2.45) is 10.7 Å². The predicted molar refractivity (Wildman–Crippen MR) is 92.4 cm³/mol. The molecule has 2 atom stereocenters. The average Bonchev–Trinajstić information content (AvgIpc) is 3.34. The molecule has 0 spiro atoms. The predicted octanol–water partition coefficient (Wildman–Crippen LogP) is 2.99. The molecule has 0 bridgehead atoms. The summed E-state index contributed by atoms with van der Waals surface area (Å²) in [5.41, 5.74) is 8.12. The Labute approximate surface area is 136 Å². The molecule has 1 fully saturated rings. The number of benzene rings is 2. The van der Waals surface area contributed by atoms with Crippen molar-refractivity contribution in [1.29, 1.82) is 0 Å². The molecule has 1 saturated carbocycles. The molecule has 3 N–H and O–H groups in total. The molecule has 5 heteroatoms. The lowest BCUT2D eigenvalue weighted by Crippen LogP contribution is -2.23. The Kier molecular flexibility index (Phi) is 4.37. The van der Waals surface area contributed by atoms with Crippen LogP contribution in [-0.2, 0) is 0 Å². The molecule has 1 aliphatic carbocycles. The van der Waals surface area contributed by atoms with Crippen LogP contribution in [0.1, 0.15) is 17.9 Å². The molecule has 0 unspecified atom stereocenters. The van der Waals surface area contributed by atoms with E-state index >= 15 is 0 Å². The van der Waals surface area contributed by atoms with Gasteiger partial charge in [0.25, 0.3) is 0 Å². The largest absolute Gasteiger partial charge is 0.497 e. The topological polar surface area (TPSA) is 68.9 Å². The molecule has 0 heterocycles.